The third kappa shape index (κ3) is 6.65. The van der Waals surface area contributed by atoms with Gasteiger partial charge in [-0.2, -0.15) is 0 Å². The smallest absolute Gasteiger partial charge is 0.269 e. The molecule has 7 nitrogen and oxygen atoms in total. The Morgan fingerprint density at radius 2 is 1.16 bits per heavy atom. The fourth-order valence-electron chi connectivity index (χ4n) is 3.57. The summed E-state index contributed by atoms with van der Waals surface area (Å²) >= 11 is 5.12. The Morgan fingerprint density at radius 1 is 0.595 bits per heavy atom. The number of amides is 3. The molecule has 0 aliphatic rings. The molecule has 0 heterocycles. The van der Waals surface area contributed by atoms with Gasteiger partial charge in [0.1, 0.15) is 0 Å². The number of thiocarbonyl (C=S) groups is 1. The van der Waals surface area contributed by atoms with Crippen molar-refractivity contribution in [3.63, 3.8) is 0 Å². The first-order valence-electron chi connectivity index (χ1n) is 11.4. The van der Waals surface area contributed by atoms with Crippen LogP contribution in [0.4, 0.5) is 5.69 Å². The van der Waals surface area contributed by atoms with E-state index in [1.54, 1.807) is 48.5 Å². The van der Waals surface area contributed by atoms with Gasteiger partial charge in [-0.3, -0.25) is 30.6 Å². The first-order valence-corrected chi connectivity index (χ1v) is 11.9. The Hall–Kier alpha value is -4.82. The van der Waals surface area contributed by atoms with Crippen molar-refractivity contribution in [3.05, 3.63) is 125 Å². The zero-order chi connectivity index (χ0) is 26.2. The van der Waals surface area contributed by atoms with E-state index in [4.69, 9.17) is 12.2 Å². The van der Waals surface area contributed by atoms with E-state index < -0.39 is 11.8 Å². The minimum atomic E-state index is -0.458. The highest BCUT2D eigenvalue weighted by Crippen LogP contribution is 2.19. The zero-order valence-electron chi connectivity index (χ0n) is 19.9. The van der Waals surface area contributed by atoms with Crippen molar-refractivity contribution in [3.8, 4) is 11.1 Å². The lowest BCUT2D eigenvalue weighted by atomic mass is 10.0. The molecule has 0 aliphatic heterocycles. The molecule has 0 saturated heterocycles. The molecular formula is C29H24N4O3S. The van der Waals surface area contributed by atoms with E-state index in [2.05, 4.69) is 21.5 Å². The van der Waals surface area contributed by atoms with E-state index in [1.807, 2.05) is 61.5 Å². The fourth-order valence-corrected chi connectivity index (χ4v) is 3.71. The number of hydrazine groups is 1. The van der Waals surface area contributed by atoms with Crippen LogP contribution in [0.15, 0.2) is 103 Å². The number of benzene rings is 4. The summed E-state index contributed by atoms with van der Waals surface area (Å²) < 4.78 is 0. The number of rotatable bonds is 5. The van der Waals surface area contributed by atoms with Crippen LogP contribution in [0, 0.1) is 6.92 Å². The van der Waals surface area contributed by atoms with Gasteiger partial charge in [-0.1, -0.05) is 60.7 Å². The van der Waals surface area contributed by atoms with Gasteiger partial charge in [0.05, 0.1) is 0 Å². The number of nitrogens with one attached hydrogen (secondary N) is 4. The lowest BCUT2D eigenvalue weighted by molar-refractivity contribution is 0.0934. The van der Waals surface area contributed by atoms with Gasteiger partial charge in [0, 0.05) is 22.4 Å². The Labute approximate surface area is 219 Å². The number of carbonyl (C=O) groups excluding carboxylic acids is 3. The summed E-state index contributed by atoms with van der Waals surface area (Å²) in [5.41, 5.74) is 9.79. The summed E-state index contributed by atoms with van der Waals surface area (Å²) in [6, 6.07) is 30.6. The SMILES string of the molecule is Cc1ccccc1C(=O)Nc1ccc(C(=O)NNC(=S)NC(=O)c2ccc(-c3ccccc3)cc2)cc1. The van der Waals surface area contributed by atoms with E-state index in [1.165, 1.54) is 0 Å². The molecular weight excluding hydrogens is 484 g/mol. The summed E-state index contributed by atoms with van der Waals surface area (Å²) in [6.07, 6.45) is 0. The number of anilines is 1. The molecule has 0 bridgehead atoms. The van der Waals surface area contributed by atoms with Crippen molar-refractivity contribution >= 4 is 40.7 Å². The molecule has 37 heavy (non-hydrogen) atoms. The van der Waals surface area contributed by atoms with Crippen LogP contribution in [0.1, 0.15) is 36.6 Å². The predicted octanol–water partition coefficient (Wildman–Crippen LogP) is 4.86. The van der Waals surface area contributed by atoms with Crippen LogP contribution in [-0.2, 0) is 0 Å². The topological polar surface area (TPSA) is 99.3 Å². The molecule has 4 aromatic rings. The molecule has 4 rings (SSSR count). The summed E-state index contributed by atoms with van der Waals surface area (Å²) in [4.78, 5) is 37.4. The van der Waals surface area contributed by atoms with Gasteiger partial charge in [-0.15, -0.1) is 0 Å². The largest absolute Gasteiger partial charge is 0.322 e. The van der Waals surface area contributed by atoms with Gasteiger partial charge in [-0.25, -0.2) is 0 Å². The summed E-state index contributed by atoms with van der Waals surface area (Å²) in [7, 11) is 0. The van der Waals surface area contributed by atoms with Gasteiger partial charge >= 0.3 is 0 Å². The molecule has 0 unspecified atom stereocenters. The van der Waals surface area contributed by atoms with Crippen LogP contribution in [0.2, 0.25) is 0 Å². The minimum absolute atomic E-state index is 0.0485. The molecule has 0 aliphatic carbocycles. The van der Waals surface area contributed by atoms with E-state index >= 15 is 0 Å². The second-order valence-electron chi connectivity index (χ2n) is 8.15. The van der Waals surface area contributed by atoms with Gasteiger partial charge in [-0.05, 0) is 78.3 Å². The minimum Gasteiger partial charge on any atom is -0.322 e. The fraction of sp³-hybridized carbons (Fsp3) is 0.0345. The highest BCUT2D eigenvalue weighted by molar-refractivity contribution is 7.80. The highest BCUT2D eigenvalue weighted by Gasteiger charge is 2.12. The number of hydrogen-bond acceptors (Lipinski definition) is 4. The molecule has 3 amide bonds. The summed E-state index contributed by atoms with van der Waals surface area (Å²) in [6.45, 7) is 1.86. The first-order chi connectivity index (χ1) is 17.9. The van der Waals surface area contributed by atoms with Crippen molar-refractivity contribution in [2.45, 2.75) is 6.92 Å². The van der Waals surface area contributed by atoms with E-state index in [0.29, 0.717) is 22.4 Å². The Morgan fingerprint density at radius 3 is 1.84 bits per heavy atom. The van der Waals surface area contributed by atoms with Crippen molar-refractivity contribution < 1.29 is 14.4 Å². The molecule has 184 valence electrons. The summed E-state index contributed by atoms with van der Waals surface area (Å²) in [5, 5.41) is 5.29. The normalized spacial score (nSPS) is 10.2. The number of hydrogen-bond donors (Lipinski definition) is 4. The number of aryl methyl sites for hydroxylation is 1. The van der Waals surface area contributed by atoms with Crippen molar-refractivity contribution in [1.29, 1.82) is 0 Å². The molecule has 0 fully saturated rings. The van der Waals surface area contributed by atoms with Crippen LogP contribution in [0.5, 0.6) is 0 Å². The first kappa shape index (κ1) is 25.3. The number of carbonyl (C=O) groups is 3. The maximum atomic E-state index is 12.5. The van der Waals surface area contributed by atoms with Crippen LogP contribution in [-0.4, -0.2) is 22.8 Å². The van der Waals surface area contributed by atoms with Crippen molar-refractivity contribution in [2.75, 3.05) is 5.32 Å². The molecule has 0 aromatic heterocycles. The monoisotopic (exact) mass is 508 g/mol. The second-order valence-corrected chi connectivity index (χ2v) is 8.56. The van der Waals surface area contributed by atoms with E-state index in [9.17, 15) is 14.4 Å². The maximum absolute atomic E-state index is 12.5. The van der Waals surface area contributed by atoms with Crippen LogP contribution >= 0.6 is 12.2 Å². The standard InChI is InChI=1S/C29H24N4O3S/c1-19-7-5-6-10-25(19)28(36)30-24-17-15-23(16-18-24)27(35)32-33-29(37)31-26(34)22-13-11-21(12-14-22)20-8-3-2-4-9-20/h2-18H,1H3,(H,30,36)(H,32,35)(H2,31,33,34,37). The van der Waals surface area contributed by atoms with Gasteiger partial charge in [0.2, 0.25) is 0 Å². The molecule has 4 N–H and O–H groups in total. The summed E-state index contributed by atoms with van der Waals surface area (Å²) in [5.74, 6) is -1.09. The van der Waals surface area contributed by atoms with Crippen LogP contribution < -0.4 is 21.5 Å². The Kier molecular flexibility index (Phi) is 8.02. The van der Waals surface area contributed by atoms with Crippen molar-refractivity contribution in [2.24, 2.45) is 0 Å². The zero-order valence-corrected chi connectivity index (χ0v) is 20.8. The molecule has 8 heteroatoms. The molecule has 4 aromatic carbocycles. The van der Waals surface area contributed by atoms with Gasteiger partial charge < -0.3 is 5.32 Å². The third-order valence-corrected chi connectivity index (χ3v) is 5.77. The third-order valence-electron chi connectivity index (χ3n) is 5.57. The maximum Gasteiger partial charge on any atom is 0.269 e. The quantitative estimate of drug-likeness (QED) is 0.228. The van der Waals surface area contributed by atoms with Gasteiger partial charge in [0.25, 0.3) is 17.7 Å². The average Bonchev–Trinajstić information content (AvgIpc) is 2.93. The molecule has 0 saturated carbocycles. The van der Waals surface area contributed by atoms with Crippen molar-refractivity contribution in [1.82, 2.24) is 16.2 Å². The van der Waals surface area contributed by atoms with Crippen LogP contribution in [0.25, 0.3) is 11.1 Å². The van der Waals surface area contributed by atoms with E-state index in [0.717, 1.165) is 16.7 Å². The lowest BCUT2D eigenvalue weighted by Gasteiger charge is -2.12. The Balaban J connectivity index is 1.26. The molecule has 0 radical (unpaired) electrons. The average molecular weight is 509 g/mol. The van der Waals surface area contributed by atoms with Gasteiger partial charge in [0.15, 0.2) is 5.11 Å². The van der Waals surface area contributed by atoms with Crippen LogP contribution in [0.3, 0.4) is 0 Å². The lowest BCUT2D eigenvalue weighted by Crippen LogP contribution is -2.48. The second kappa shape index (κ2) is 11.7. The highest BCUT2D eigenvalue weighted by atomic mass is 32.1. The predicted molar refractivity (Wildman–Crippen MR) is 148 cm³/mol. The molecule has 0 atom stereocenters. The van der Waals surface area contributed by atoms with E-state index in [-0.39, 0.29) is 11.0 Å². The Bertz CT molecular complexity index is 1440. The molecule has 0 spiro atoms.